The van der Waals surface area contributed by atoms with Crippen molar-refractivity contribution in [3.05, 3.63) is 24.0 Å². The molecule has 1 aromatic carbocycles. The number of hydrogen-bond donors (Lipinski definition) is 1. The third kappa shape index (κ3) is 4.72. The second-order valence-electron chi connectivity index (χ2n) is 6.36. The van der Waals surface area contributed by atoms with Gasteiger partial charge in [0.05, 0.1) is 19.6 Å². The Hall–Kier alpha value is -1.71. The van der Waals surface area contributed by atoms with Crippen molar-refractivity contribution in [3.63, 3.8) is 0 Å². The Labute approximate surface area is 153 Å². The second kappa shape index (κ2) is 8.79. The summed E-state index contributed by atoms with van der Waals surface area (Å²) in [6.45, 7) is 2.52. The van der Waals surface area contributed by atoms with Crippen LogP contribution in [0.5, 0.6) is 5.75 Å². The fourth-order valence-corrected chi connectivity index (χ4v) is 4.71. The summed E-state index contributed by atoms with van der Waals surface area (Å²) >= 11 is 0. The summed E-state index contributed by atoms with van der Waals surface area (Å²) in [6, 6.07) is 3.20. The molecule has 1 fully saturated rings. The van der Waals surface area contributed by atoms with Gasteiger partial charge in [-0.25, -0.2) is 12.8 Å². The topological polar surface area (TPSA) is 84.9 Å². The Morgan fingerprint density at radius 3 is 2.81 bits per heavy atom. The first-order chi connectivity index (χ1) is 12.3. The molecule has 7 nitrogen and oxygen atoms in total. The first kappa shape index (κ1) is 20.6. The monoisotopic (exact) mass is 388 g/mol. The molecule has 0 aromatic heterocycles. The molecule has 1 N–H and O–H groups in total. The minimum absolute atomic E-state index is 0.0491. The Bertz CT molecular complexity index is 741. The van der Waals surface area contributed by atoms with Crippen LogP contribution >= 0.6 is 0 Å². The van der Waals surface area contributed by atoms with Crippen LogP contribution in [0.15, 0.2) is 23.1 Å². The molecular weight excluding hydrogens is 363 g/mol. The molecule has 146 valence electrons. The predicted octanol–water partition coefficient (Wildman–Crippen LogP) is 1.39. The van der Waals surface area contributed by atoms with E-state index in [1.54, 1.807) is 7.11 Å². The Morgan fingerprint density at radius 1 is 1.42 bits per heavy atom. The summed E-state index contributed by atoms with van der Waals surface area (Å²) < 4.78 is 50.7. The van der Waals surface area contributed by atoms with E-state index in [4.69, 9.17) is 9.47 Å². The van der Waals surface area contributed by atoms with Gasteiger partial charge < -0.3 is 14.8 Å². The molecule has 9 heteroatoms. The highest BCUT2D eigenvalue weighted by molar-refractivity contribution is 7.89. The molecule has 0 unspecified atom stereocenters. The second-order valence-corrected chi connectivity index (χ2v) is 8.27. The van der Waals surface area contributed by atoms with Crippen LogP contribution in [-0.2, 0) is 19.6 Å². The lowest BCUT2D eigenvalue weighted by Gasteiger charge is -2.32. The molecule has 1 saturated heterocycles. The van der Waals surface area contributed by atoms with Crippen LogP contribution in [0.3, 0.4) is 0 Å². The van der Waals surface area contributed by atoms with Crippen LogP contribution in [-0.4, -0.2) is 58.6 Å². The summed E-state index contributed by atoms with van der Waals surface area (Å²) in [6.07, 6.45) is 1.14. The third-order valence-corrected chi connectivity index (χ3v) is 6.19. The molecule has 1 aliphatic rings. The van der Waals surface area contributed by atoms with Gasteiger partial charge in [-0.2, -0.15) is 4.31 Å². The van der Waals surface area contributed by atoms with Gasteiger partial charge in [0, 0.05) is 26.2 Å². The average molecular weight is 388 g/mol. The number of carbonyl (C=O) groups excluding carboxylic acids is 1. The summed E-state index contributed by atoms with van der Waals surface area (Å²) in [7, 11) is -1.09. The Kier molecular flexibility index (Phi) is 6.96. The quantitative estimate of drug-likeness (QED) is 0.763. The number of sulfonamides is 1. The number of carbonyl (C=O) groups is 1. The molecular formula is C17H25FN2O5S. The number of ether oxygens (including phenoxy) is 2. The van der Waals surface area contributed by atoms with Crippen LogP contribution in [0.1, 0.15) is 19.8 Å². The fraction of sp³-hybridized carbons (Fsp3) is 0.588. The van der Waals surface area contributed by atoms with E-state index in [9.17, 15) is 17.6 Å². The zero-order chi connectivity index (χ0) is 19.3. The van der Waals surface area contributed by atoms with E-state index in [2.05, 4.69) is 5.32 Å². The predicted molar refractivity (Wildman–Crippen MR) is 93.9 cm³/mol. The molecule has 2 atom stereocenters. The minimum Gasteiger partial charge on any atom is -0.495 e. The van der Waals surface area contributed by atoms with Crippen LogP contribution in [0.2, 0.25) is 0 Å². The molecule has 2 rings (SSSR count). The van der Waals surface area contributed by atoms with E-state index in [1.165, 1.54) is 17.5 Å². The van der Waals surface area contributed by atoms with Gasteiger partial charge in [-0.05, 0) is 38.0 Å². The van der Waals surface area contributed by atoms with Crippen LogP contribution in [0.25, 0.3) is 0 Å². The summed E-state index contributed by atoms with van der Waals surface area (Å²) in [5.74, 6) is -1.26. The van der Waals surface area contributed by atoms with Crippen molar-refractivity contribution in [2.45, 2.75) is 30.7 Å². The maximum Gasteiger partial charge on any atom is 0.246 e. The highest BCUT2D eigenvalue weighted by atomic mass is 32.2. The number of halogens is 1. The number of rotatable bonds is 7. The highest BCUT2D eigenvalue weighted by Gasteiger charge is 2.35. The SMILES string of the molecule is COC[C@@H](C)NC(=O)[C@@H]1CCCN(S(=O)(=O)c2cc(F)ccc2OC)C1. The van der Waals surface area contributed by atoms with Crippen molar-refractivity contribution < 1.29 is 27.1 Å². The zero-order valence-corrected chi connectivity index (χ0v) is 16.0. The van der Waals surface area contributed by atoms with Crippen LogP contribution in [0.4, 0.5) is 4.39 Å². The van der Waals surface area contributed by atoms with E-state index in [0.29, 0.717) is 19.4 Å². The largest absolute Gasteiger partial charge is 0.495 e. The van der Waals surface area contributed by atoms with Gasteiger partial charge in [0.2, 0.25) is 15.9 Å². The van der Waals surface area contributed by atoms with Crippen molar-refractivity contribution in [3.8, 4) is 5.75 Å². The molecule has 1 aliphatic heterocycles. The average Bonchev–Trinajstić information content (AvgIpc) is 2.62. The molecule has 0 radical (unpaired) electrons. The smallest absolute Gasteiger partial charge is 0.246 e. The molecule has 0 aliphatic carbocycles. The number of hydrogen-bond acceptors (Lipinski definition) is 5. The number of nitrogens with one attached hydrogen (secondary N) is 1. The minimum atomic E-state index is -3.97. The lowest BCUT2D eigenvalue weighted by molar-refractivity contribution is -0.127. The molecule has 26 heavy (non-hydrogen) atoms. The molecule has 1 amide bonds. The molecule has 1 heterocycles. The van der Waals surface area contributed by atoms with Gasteiger partial charge in [-0.1, -0.05) is 0 Å². The van der Waals surface area contributed by atoms with Crippen molar-refractivity contribution in [2.75, 3.05) is 33.9 Å². The highest BCUT2D eigenvalue weighted by Crippen LogP contribution is 2.30. The van der Waals surface area contributed by atoms with Crippen molar-refractivity contribution in [1.29, 1.82) is 0 Å². The summed E-state index contributed by atoms with van der Waals surface area (Å²) in [4.78, 5) is 12.2. The number of amides is 1. The van der Waals surface area contributed by atoms with E-state index in [0.717, 1.165) is 12.1 Å². The van der Waals surface area contributed by atoms with Gasteiger partial charge in [0.15, 0.2) is 0 Å². The maximum atomic E-state index is 13.6. The Morgan fingerprint density at radius 2 is 2.15 bits per heavy atom. The van der Waals surface area contributed by atoms with E-state index in [1.807, 2.05) is 6.92 Å². The summed E-state index contributed by atoms with van der Waals surface area (Å²) in [5, 5.41) is 2.82. The lowest BCUT2D eigenvalue weighted by atomic mass is 9.98. The number of piperidine rings is 1. The van der Waals surface area contributed by atoms with E-state index < -0.39 is 21.8 Å². The van der Waals surface area contributed by atoms with Crippen molar-refractivity contribution >= 4 is 15.9 Å². The Balaban J connectivity index is 2.18. The lowest BCUT2D eigenvalue weighted by Crippen LogP contribution is -2.47. The van der Waals surface area contributed by atoms with Crippen molar-refractivity contribution in [1.82, 2.24) is 9.62 Å². The molecule has 0 spiro atoms. The van der Waals surface area contributed by atoms with Crippen LogP contribution < -0.4 is 10.1 Å². The first-order valence-corrected chi connectivity index (χ1v) is 9.86. The van der Waals surface area contributed by atoms with Gasteiger partial charge in [-0.15, -0.1) is 0 Å². The standard InChI is InChI=1S/C17H25FN2O5S/c1-12(11-24-2)19-17(21)13-5-4-8-20(10-13)26(22,23)16-9-14(18)6-7-15(16)25-3/h6-7,9,12-13H,4-5,8,10-11H2,1-3H3,(H,19,21)/t12-,13-/m1/s1. The maximum absolute atomic E-state index is 13.6. The molecule has 0 saturated carbocycles. The number of nitrogens with zero attached hydrogens (tertiary/aromatic N) is 1. The van der Waals surface area contributed by atoms with Gasteiger partial charge in [0.1, 0.15) is 16.5 Å². The zero-order valence-electron chi connectivity index (χ0n) is 15.2. The van der Waals surface area contributed by atoms with Crippen molar-refractivity contribution in [2.24, 2.45) is 5.92 Å². The summed E-state index contributed by atoms with van der Waals surface area (Å²) in [5.41, 5.74) is 0. The van der Waals surface area contributed by atoms with Crippen LogP contribution in [0, 0.1) is 11.7 Å². The van der Waals surface area contributed by atoms with Gasteiger partial charge >= 0.3 is 0 Å². The molecule has 1 aromatic rings. The van der Waals surface area contributed by atoms with E-state index in [-0.39, 0.29) is 35.7 Å². The fourth-order valence-electron chi connectivity index (χ4n) is 3.02. The van der Waals surface area contributed by atoms with Gasteiger partial charge in [-0.3, -0.25) is 4.79 Å². The third-order valence-electron chi connectivity index (χ3n) is 4.30. The van der Waals surface area contributed by atoms with E-state index >= 15 is 0 Å². The number of methoxy groups -OCH3 is 2. The van der Waals surface area contributed by atoms with Gasteiger partial charge in [0.25, 0.3) is 0 Å². The number of benzene rings is 1. The molecule has 0 bridgehead atoms. The first-order valence-electron chi connectivity index (χ1n) is 8.42. The normalized spacial score (nSPS) is 19.8.